The number of esters is 1. The zero-order chi connectivity index (χ0) is 29.1. The molecule has 4 rings (SSSR count). The highest BCUT2D eigenvalue weighted by Crippen LogP contribution is 2.31. The van der Waals surface area contributed by atoms with Crippen molar-refractivity contribution in [1.29, 1.82) is 0 Å². The number of aromatic nitrogens is 2. The molecule has 10 nitrogen and oxygen atoms in total. The second kappa shape index (κ2) is 11.8. The number of carbonyl (C=O) groups excluding carboxylic acids is 2. The predicted octanol–water partition coefficient (Wildman–Crippen LogP) is 3.20. The highest BCUT2D eigenvalue weighted by molar-refractivity contribution is 5.96. The number of hydrogen-bond donors (Lipinski definition) is 1. The molecule has 212 valence electrons. The second-order valence-corrected chi connectivity index (χ2v) is 9.42. The van der Waals surface area contributed by atoms with E-state index in [4.69, 9.17) is 14.6 Å². The second-order valence-electron chi connectivity index (χ2n) is 9.42. The van der Waals surface area contributed by atoms with Gasteiger partial charge in [-0.25, -0.2) is 13.2 Å². The normalized spacial score (nSPS) is 16.7. The Labute approximate surface area is 224 Å². The molecule has 13 heteroatoms. The first-order valence-corrected chi connectivity index (χ1v) is 12.4. The molecule has 40 heavy (non-hydrogen) atoms. The molecule has 0 spiro atoms. The van der Waals surface area contributed by atoms with Gasteiger partial charge >= 0.3 is 11.9 Å². The number of halogens is 3. The van der Waals surface area contributed by atoms with E-state index < -0.39 is 70.7 Å². The summed E-state index contributed by atoms with van der Waals surface area (Å²) in [4.78, 5) is 61.9. The molecule has 0 radical (unpaired) electrons. The molecule has 0 bridgehead atoms. The number of nitrogens with zero attached hydrogens (tertiary/aromatic N) is 2. The van der Waals surface area contributed by atoms with Crippen LogP contribution in [-0.4, -0.2) is 45.0 Å². The molecule has 0 unspecified atom stereocenters. The van der Waals surface area contributed by atoms with Gasteiger partial charge in [0, 0.05) is 55.2 Å². The molecule has 3 aromatic rings. The van der Waals surface area contributed by atoms with Gasteiger partial charge in [0.05, 0.1) is 25.5 Å². The van der Waals surface area contributed by atoms with Crippen LogP contribution in [0.2, 0.25) is 0 Å². The van der Waals surface area contributed by atoms with E-state index >= 15 is 0 Å². The average molecular weight is 562 g/mol. The molecule has 1 saturated carbocycles. The first-order valence-electron chi connectivity index (χ1n) is 12.4. The van der Waals surface area contributed by atoms with E-state index in [0.717, 1.165) is 13.3 Å². The Balaban J connectivity index is 1.57. The number of benzene rings is 1. The quantitative estimate of drug-likeness (QED) is 0.294. The van der Waals surface area contributed by atoms with Gasteiger partial charge in [-0.1, -0.05) is 0 Å². The average Bonchev–Trinajstić information content (AvgIpc) is 3.34. The Kier molecular flexibility index (Phi) is 8.40. The summed E-state index contributed by atoms with van der Waals surface area (Å²) in [6.07, 6.45) is 3.27. The van der Waals surface area contributed by atoms with Crippen LogP contribution >= 0.6 is 0 Å². The summed E-state index contributed by atoms with van der Waals surface area (Å²) in [5.41, 5.74) is -2.45. The van der Waals surface area contributed by atoms with Gasteiger partial charge in [-0.05, 0) is 19.3 Å². The van der Waals surface area contributed by atoms with Crippen LogP contribution in [0.5, 0.6) is 5.75 Å². The lowest BCUT2D eigenvalue weighted by atomic mass is 10.0. The smallest absolute Gasteiger partial charge is 0.306 e. The number of fused-ring (bicyclic) bond motifs is 1. The molecule has 1 aliphatic rings. The van der Waals surface area contributed by atoms with Gasteiger partial charge in [-0.3, -0.25) is 24.0 Å². The largest absolute Gasteiger partial charge is 0.491 e. The number of hydrogen-bond acceptors (Lipinski definition) is 7. The summed E-state index contributed by atoms with van der Waals surface area (Å²) in [6, 6.07) is 0.617. The van der Waals surface area contributed by atoms with Gasteiger partial charge in [-0.15, -0.1) is 0 Å². The molecule has 0 aliphatic heterocycles. The van der Waals surface area contributed by atoms with Crippen molar-refractivity contribution in [3.8, 4) is 5.75 Å². The molecule has 2 heterocycles. The third-order valence-corrected chi connectivity index (χ3v) is 6.82. The van der Waals surface area contributed by atoms with Crippen LogP contribution in [0.15, 0.2) is 40.3 Å². The molecule has 0 amide bonds. The number of carboxylic acid groups (broad SMARTS) is 1. The summed E-state index contributed by atoms with van der Waals surface area (Å²) in [5.74, 6) is -6.31. The molecule has 1 aliphatic carbocycles. The van der Waals surface area contributed by atoms with Crippen LogP contribution in [0.25, 0.3) is 5.52 Å². The topological polar surface area (TPSA) is 133 Å². The Morgan fingerprint density at radius 1 is 1.02 bits per heavy atom. The fraction of sp³-hybridized carbons (Fsp3) is 0.370. The number of carbonyl (C=O) groups is 3. The van der Waals surface area contributed by atoms with E-state index in [9.17, 15) is 37.1 Å². The number of methoxy groups -OCH3 is 1. The molecular formula is C27H25F3N2O8. The van der Waals surface area contributed by atoms with E-state index in [1.165, 1.54) is 21.4 Å². The van der Waals surface area contributed by atoms with Crippen molar-refractivity contribution < 1.29 is 42.1 Å². The third kappa shape index (κ3) is 5.92. The van der Waals surface area contributed by atoms with E-state index in [-0.39, 0.29) is 35.7 Å². The minimum Gasteiger partial charge on any atom is -0.491 e. The number of carboxylic acids is 1. The Morgan fingerprint density at radius 2 is 1.73 bits per heavy atom. The Hall–Kier alpha value is -4.42. The maximum Gasteiger partial charge on any atom is 0.306 e. The molecule has 1 fully saturated rings. The Morgan fingerprint density at radius 3 is 2.38 bits per heavy atom. The van der Waals surface area contributed by atoms with Crippen molar-refractivity contribution in [2.75, 3.05) is 7.11 Å². The van der Waals surface area contributed by atoms with Crippen molar-refractivity contribution >= 4 is 23.2 Å². The summed E-state index contributed by atoms with van der Waals surface area (Å²) < 4.78 is 54.3. The standard InChI is InChI=1S/C27H25F3N2O8/c1-39-26-24-27(38)32(15-2-3-16(12-15)40-23(36)7-6-22(34)35)9-8-31(24)13-18(25(26)37)21(33)5-4-17-19(29)10-14(28)11-20(17)30/h8-11,13,15-16H,2-7,12H2,1H3,(H,34,35)/t15-,16+/m0/s1. The number of aliphatic carboxylic acids is 1. The van der Waals surface area contributed by atoms with Crippen LogP contribution < -0.4 is 15.7 Å². The number of ether oxygens (including phenoxy) is 2. The fourth-order valence-electron chi connectivity index (χ4n) is 4.86. The van der Waals surface area contributed by atoms with Gasteiger partial charge in [0.1, 0.15) is 23.6 Å². The van der Waals surface area contributed by atoms with Crippen molar-refractivity contribution in [2.45, 2.75) is 57.1 Å². The molecule has 1 N–H and O–H groups in total. The lowest BCUT2D eigenvalue weighted by molar-refractivity contribution is -0.151. The number of ketones is 1. The minimum absolute atomic E-state index is 0.135. The number of rotatable bonds is 10. The molecule has 0 saturated heterocycles. The maximum absolute atomic E-state index is 14.0. The van der Waals surface area contributed by atoms with Crippen molar-refractivity contribution in [3.05, 3.63) is 79.9 Å². The van der Waals surface area contributed by atoms with Crippen LogP contribution in [0, 0.1) is 17.5 Å². The zero-order valence-corrected chi connectivity index (χ0v) is 21.3. The Bertz CT molecular complexity index is 1590. The number of pyridine rings is 1. The highest BCUT2D eigenvalue weighted by atomic mass is 19.1. The van der Waals surface area contributed by atoms with E-state index in [2.05, 4.69) is 0 Å². The summed E-state index contributed by atoms with van der Waals surface area (Å²) in [6.45, 7) is 0. The molecule has 1 aromatic carbocycles. The van der Waals surface area contributed by atoms with Crippen LogP contribution in [0.4, 0.5) is 13.2 Å². The van der Waals surface area contributed by atoms with Gasteiger partial charge in [0.25, 0.3) is 5.56 Å². The predicted molar refractivity (Wildman–Crippen MR) is 133 cm³/mol. The zero-order valence-electron chi connectivity index (χ0n) is 21.3. The van der Waals surface area contributed by atoms with Crippen molar-refractivity contribution in [2.24, 2.45) is 0 Å². The van der Waals surface area contributed by atoms with Crippen LogP contribution in [-0.2, 0) is 20.7 Å². The van der Waals surface area contributed by atoms with E-state index in [1.54, 1.807) is 0 Å². The summed E-state index contributed by atoms with van der Waals surface area (Å²) in [5, 5.41) is 8.71. The van der Waals surface area contributed by atoms with E-state index in [0.29, 0.717) is 31.4 Å². The van der Waals surface area contributed by atoms with Gasteiger partial charge < -0.3 is 23.5 Å². The SMILES string of the molecule is COc1c(=O)c(C(=O)CCc2c(F)cc(F)cc2F)cn2ccn([C@H]3CC[C@@H](OC(=O)CCC(=O)O)C3)c(=O)c12. The molecular weight excluding hydrogens is 537 g/mol. The number of Topliss-reactive ketones (excluding diaryl/α,β-unsaturated/α-hetero) is 1. The van der Waals surface area contributed by atoms with Gasteiger partial charge in [0.2, 0.25) is 5.43 Å². The van der Waals surface area contributed by atoms with Crippen molar-refractivity contribution in [3.63, 3.8) is 0 Å². The lowest BCUT2D eigenvalue weighted by Crippen LogP contribution is -2.29. The monoisotopic (exact) mass is 562 g/mol. The summed E-state index contributed by atoms with van der Waals surface area (Å²) >= 11 is 0. The fourth-order valence-corrected chi connectivity index (χ4v) is 4.86. The lowest BCUT2D eigenvalue weighted by Gasteiger charge is -2.17. The molecule has 2 aromatic heterocycles. The highest BCUT2D eigenvalue weighted by Gasteiger charge is 2.30. The third-order valence-electron chi connectivity index (χ3n) is 6.82. The van der Waals surface area contributed by atoms with Crippen LogP contribution in [0.1, 0.15) is 60.5 Å². The first kappa shape index (κ1) is 28.6. The minimum atomic E-state index is -1.15. The van der Waals surface area contributed by atoms with Crippen LogP contribution in [0.3, 0.4) is 0 Å². The molecule has 2 atom stereocenters. The summed E-state index contributed by atoms with van der Waals surface area (Å²) in [7, 11) is 1.16. The first-order chi connectivity index (χ1) is 19.0. The van der Waals surface area contributed by atoms with Crippen molar-refractivity contribution in [1.82, 2.24) is 8.97 Å². The van der Waals surface area contributed by atoms with Gasteiger partial charge in [0.15, 0.2) is 17.0 Å². The van der Waals surface area contributed by atoms with E-state index in [1.807, 2.05) is 0 Å². The van der Waals surface area contributed by atoms with Gasteiger partial charge in [-0.2, -0.15) is 0 Å². The maximum atomic E-state index is 14.0.